The number of aliphatic carboxylic acids is 1. The molecule has 1 N–H and O–H groups in total. The summed E-state index contributed by atoms with van der Waals surface area (Å²) in [6, 6.07) is 12.5. The molecule has 24 heavy (non-hydrogen) atoms. The minimum Gasteiger partial charge on any atom is -0.482 e. The number of carboxylic acids is 1. The summed E-state index contributed by atoms with van der Waals surface area (Å²) in [6.07, 6.45) is 0. The molecular formula is C17H14O7. The third-order valence-electron chi connectivity index (χ3n) is 2.96. The van der Waals surface area contributed by atoms with E-state index in [9.17, 15) is 14.4 Å². The highest BCUT2D eigenvalue weighted by Crippen LogP contribution is 2.18. The molecule has 0 bridgehead atoms. The first-order chi connectivity index (χ1) is 11.6. The number of carbonyl (C=O) groups excluding carboxylic acids is 2. The van der Waals surface area contributed by atoms with Gasteiger partial charge in [0, 0.05) is 11.1 Å². The molecule has 2 aromatic carbocycles. The van der Waals surface area contributed by atoms with Crippen molar-refractivity contribution in [1.29, 1.82) is 0 Å². The van der Waals surface area contributed by atoms with Crippen LogP contribution in [-0.4, -0.2) is 36.7 Å². The summed E-state index contributed by atoms with van der Waals surface area (Å²) in [7, 11) is 0. The van der Waals surface area contributed by atoms with Gasteiger partial charge in [0.05, 0.1) is 0 Å². The van der Waals surface area contributed by atoms with E-state index in [-0.39, 0.29) is 19.0 Å². The molecule has 2 rings (SSSR count). The van der Waals surface area contributed by atoms with Gasteiger partial charge in [0.15, 0.2) is 12.4 Å². The van der Waals surface area contributed by atoms with Crippen LogP contribution >= 0.6 is 0 Å². The zero-order chi connectivity index (χ0) is 17.4. The van der Waals surface area contributed by atoms with Gasteiger partial charge in [-0.25, -0.2) is 4.79 Å². The minimum atomic E-state index is -1.07. The molecule has 0 unspecified atom stereocenters. The maximum Gasteiger partial charge on any atom is 0.341 e. The maximum absolute atomic E-state index is 12.3. The molecule has 7 heteroatoms. The third kappa shape index (κ3) is 4.84. The third-order valence-corrected chi connectivity index (χ3v) is 2.96. The van der Waals surface area contributed by atoms with E-state index in [1.807, 2.05) is 0 Å². The van der Waals surface area contributed by atoms with Crippen LogP contribution in [0.25, 0.3) is 0 Å². The van der Waals surface area contributed by atoms with Crippen LogP contribution in [0.5, 0.6) is 11.5 Å². The molecule has 0 fully saturated rings. The van der Waals surface area contributed by atoms with Gasteiger partial charge in [0.25, 0.3) is 6.47 Å². The molecule has 7 nitrogen and oxygen atoms in total. The Morgan fingerprint density at radius 1 is 0.875 bits per heavy atom. The molecule has 0 saturated carbocycles. The first-order valence-corrected chi connectivity index (χ1v) is 6.87. The molecule has 0 aliphatic heterocycles. The molecule has 0 aromatic heterocycles. The van der Waals surface area contributed by atoms with Gasteiger partial charge in [-0.3, -0.25) is 9.59 Å². The number of carboxylic acid groups (broad SMARTS) is 1. The monoisotopic (exact) mass is 330 g/mol. The molecule has 2 aromatic rings. The molecule has 0 amide bonds. The molecule has 0 aliphatic rings. The van der Waals surface area contributed by atoms with Gasteiger partial charge in [-0.2, -0.15) is 0 Å². The van der Waals surface area contributed by atoms with Gasteiger partial charge in [-0.1, -0.05) is 0 Å². The summed E-state index contributed by atoms with van der Waals surface area (Å²) < 4.78 is 14.5. The molecule has 0 atom stereocenters. The van der Waals surface area contributed by atoms with Crippen LogP contribution in [0.1, 0.15) is 15.9 Å². The lowest BCUT2D eigenvalue weighted by Gasteiger charge is -2.07. The molecule has 0 aliphatic carbocycles. The number of rotatable bonds is 9. The highest BCUT2D eigenvalue weighted by Gasteiger charge is 2.10. The Morgan fingerprint density at radius 3 is 1.83 bits per heavy atom. The number of carbonyl (C=O) groups is 3. The van der Waals surface area contributed by atoms with Crippen molar-refractivity contribution in [3.8, 4) is 11.5 Å². The molecule has 0 heterocycles. The van der Waals surface area contributed by atoms with Crippen LogP contribution in [0, 0.1) is 0 Å². The van der Waals surface area contributed by atoms with E-state index in [2.05, 4.69) is 4.74 Å². The fourth-order valence-corrected chi connectivity index (χ4v) is 1.85. The van der Waals surface area contributed by atoms with Gasteiger partial charge < -0.3 is 19.3 Å². The highest BCUT2D eigenvalue weighted by molar-refractivity contribution is 6.09. The summed E-state index contributed by atoms with van der Waals surface area (Å²) in [5.41, 5.74) is 0.897. The Labute approximate surface area is 137 Å². The van der Waals surface area contributed by atoms with Crippen LogP contribution in [0.15, 0.2) is 48.5 Å². The summed E-state index contributed by atoms with van der Waals surface area (Å²) in [4.78, 5) is 32.8. The van der Waals surface area contributed by atoms with E-state index >= 15 is 0 Å². The van der Waals surface area contributed by atoms with Crippen molar-refractivity contribution in [3.05, 3.63) is 59.7 Å². The Morgan fingerprint density at radius 2 is 1.38 bits per heavy atom. The molecule has 124 valence electrons. The zero-order valence-electron chi connectivity index (χ0n) is 12.5. The van der Waals surface area contributed by atoms with E-state index in [1.165, 1.54) is 12.1 Å². The van der Waals surface area contributed by atoms with Crippen molar-refractivity contribution in [1.82, 2.24) is 0 Å². The zero-order valence-corrected chi connectivity index (χ0v) is 12.5. The topological polar surface area (TPSA) is 99.1 Å². The Hall–Kier alpha value is -3.35. The van der Waals surface area contributed by atoms with Gasteiger partial charge in [-0.05, 0) is 48.5 Å². The van der Waals surface area contributed by atoms with E-state index in [1.54, 1.807) is 36.4 Å². The quantitative estimate of drug-likeness (QED) is 0.324. The molecule has 0 spiro atoms. The van der Waals surface area contributed by atoms with Crippen molar-refractivity contribution >= 4 is 18.2 Å². The van der Waals surface area contributed by atoms with Crippen LogP contribution in [-0.2, 0) is 14.3 Å². The first-order valence-electron chi connectivity index (χ1n) is 6.87. The summed E-state index contributed by atoms with van der Waals surface area (Å²) in [5.74, 6) is -0.440. The Balaban J connectivity index is 2.00. The molecule has 0 saturated heterocycles. The maximum atomic E-state index is 12.3. The fraction of sp³-hybridized carbons (Fsp3) is 0.118. The van der Waals surface area contributed by atoms with E-state index in [4.69, 9.17) is 14.6 Å². The van der Waals surface area contributed by atoms with E-state index in [0.717, 1.165) is 0 Å². The van der Waals surface area contributed by atoms with Crippen LogP contribution in [0.3, 0.4) is 0 Å². The van der Waals surface area contributed by atoms with Crippen LogP contribution in [0.2, 0.25) is 0 Å². The van der Waals surface area contributed by atoms with Gasteiger partial charge in [0.2, 0.25) is 6.79 Å². The van der Waals surface area contributed by atoms with Crippen LogP contribution in [0.4, 0.5) is 0 Å². The van der Waals surface area contributed by atoms with Crippen molar-refractivity contribution < 1.29 is 33.7 Å². The largest absolute Gasteiger partial charge is 0.482 e. The van der Waals surface area contributed by atoms with Crippen molar-refractivity contribution in [2.75, 3.05) is 13.4 Å². The predicted octanol–water partition coefficient (Wildman–Crippen LogP) is 1.89. The van der Waals surface area contributed by atoms with Crippen molar-refractivity contribution in [3.63, 3.8) is 0 Å². The number of ether oxygens (including phenoxy) is 3. The standard InChI is InChI=1S/C17H14O7/c18-10-22-11-24-15-7-3-13(4-8-15)17(21)12-1-5-14(6-2-12)23-9-16(19)20/h1-8,10H,9,11H2,(H,19,20). The number of ketones is 1. The lowest BCUT2D eigenvalue weighted by atomic mass is 10.0. The predicted molar refractivity (Wildman–Crippen MR) is 82.1 cm³/mol. The summed E-state index contributed by atoms with van der Waals surface area (Å²) in [5, 5.41) is 8.54. The Bertz CT molecular complexity index is 705. The molecule has 0 radical (unpaired) electrons. The lowest BCUT2D eigenvalue weighted by molar-refractivity contribution is -0.139. The Kier molecular flexibility index (Phi) is 5.90. The van der Waals surface area contributed by atoms with Crippen molar-refractivity contribution in [2.24, 2.45) is 0 Å². The van der Waals surface area contributed by atoms with E-state index in [0.29, 0.717) is 22.6 Å². The first kappa shape index (κ1) is 17.0. The van der Waals surface area contributed by atoms with Gasteiger partial charge in [0.1, 0.15) is 11.5 Å². The second-order valence-electron chi connectivity index (χ2n) is 4.59. The summed E-state index contributed by atoms with van der Waals surface area (Å²) in [6.45, 7) is -0.362. The van der Waals surface area contributed by atoms with Crippen molar-refractivity contribution in [2.45, 2.75) is 0 Å². The number of hydrogen-bond donors (Lipinski definition) is 1. The summed E-state index contributed by atoms with van der Waals surface area (Å²) >= 11 is 0. The number of benzene rings is 2. The minimum absolute atomic E-state index is 0.199. The van der Waals surface area contributed by atoms with Gasteiger partial charge in [-0.15, -0.1) is 0 Å². The van der Waals surface area contributed by atoms with E-state index < -0.39 is 12.6 Å². The smallest absolute Gasteiger partial charge is 0.341 e. The second-order valence-corrected chi connectivity index (χ2v) is 4.59. The molecular weight excluding hydrogens is 316 g/mol. The lowest BCUT2D eigenvalue weighted by Crippen LogP contribution is -2.09. The average Bonchev–Trinajstić information content (AvgIpc) is 2.60. The van der Waals surface area contributed by atoms with Crippen LogP contribution < -0.4 is 9.47 Å². The second kappa shape index (κ2) is 8.33. The number of hydrogen-bond acceptors (Lipinski definition) is 6. The van der Waals surface area contributed by atoms with Gasteiger partial charge >= 0.3 is 5.97 Å². The SMILES string of the molecule is O=COCOc1ccc(C(=O)c2ccc(OCC(=O)O)cc2)cc1. The normalized spacial score (nSPS) is 9.83. The average molecular weight is 330 g/mol. The highest BCUT2D eigenvalue weighted by atomic mass is 16.7. The fourth-order valence-electron chi connectivity index (χ4n) is 1.85.